The second kappa shape index (κ2) is 10.2. The molecule has 34 heavy (non-hydrogen) atoms. The molecule has 9 nitrogen and oxygen atoms in total. The first-order valence-corrected chi connectivity index (χ1v) is 12.6. The third kappa shape index (κ3) is 4.57. The zero-order valence-corrected chi connectivity index (χ0v) is 20.4. The van der Waals surface area contributed by atoms with Crippen molar-refractivity contribution < 1.29 is 32.2 Å². The Labute approximate surface area is 200 Å². The van der Waals surface area contributed by atoms with Gasteiger partial charge in [-0.15, -0.1) is 0 Å². The van der Waals surface area contributed by atoms with Crippen LogP contribution in [0.5, 0.6) is 17.2 Å². The van der Waals surface area contributed by atoms with Crippen LogP contribution in [0.2, 0.25) is 0 Å². The highest BCUT2D eigenvalue weighted by Crippen LogP contribution is 2.44. The van der Waals surface area contributed by atoms with Crippen LogP contribution in [0.15, 0.2) is 47.4 Å². The number of sulfonamides is 1. The van der Waals surface area contributed by atoms with Crippen LogP contribution in [0, 0.1) is 5.92 Å². The maximum atomic E-state index is 13.6. The van der Waals surface area contributed by atoms with Crippen molar-refractivity contribution in [2.45, 2.75) is 10.8 Å². The molecule has 0 N–H and O–H groups in total. The molecule has 0 unspecified atom stereocenters. The van der Waals surface area contributed by atoms with E-state index in [0.717, 1.165) is 5.56 Å². The Morgan fingerprint density at radius 3 is 2.12 bits per heavy atom. The average Bonchev–Trinajstić information content (AvgIpc) is 3.34. The molecule has 2 aromatic carbocycles. The second-order valence-corrected chi connectivity index (χ2v) is 10.2. The van der Waals surface area contributed by atoms with E-state index in [-0.39, 0.29) is 29.8 Å². The minimum absolute atomic E-state index is 0.0761. The van der Waals surface area contributed by atoms with E-state index in [2.05, 4.69) is 0 Å². The molecule has 1 amide bonds. The summed E-state index contributed by atoms with van der Waals surface area (Å²) >= 11 is 0. The summed E-state index contributed by atoms with van der Waals surface area (Å²) in [6.45, 7) is 2.18. The Balaban J connectivity index is 1.74. The normalized spacial score (nSPS) is 21.3. The van der Waals surface area contributed by atoms with Crippen LogP contribution in [0.4, 0.5) is 0 Å². The van der Waals surface area contributed by atoms with Crippen molar-refractivity contribution >= 4 is 15.9 Å². The fourth-order valence-corrected chi connectivity index (χ4v) is 6.14. The molecule has 0 radical (unpaired) electrons. The molecule has 2 aliphatic heterocycles. The molecule has 2 aromatic rings. The van der Waals surface area contributed by atoms with Gasteiger partial charge in [-0.1, -0.05) is 18.2 Å². The lowest BCUT2D eigenvalue weighted by Crippen LogP contribution is -2.45. The number of morpholine rings is 1. The molecular formula is C24H30N2O7S. The summed E-state index contributed by atoms with van der Waals surface area (Å²) in [6.07, 6.45) is 0. The molecule has 2 fully saturated rings. The predicted molar refractivity (Wildman–Crippen MR) is 125 cm³/mol. The van der Waals surface area contributed by atoms with Crippen molar-refractivity contribution in [1.29, 1.82) is 0 Å². The van der Waals surface area contributed by atoms with Gasteiger partial charge in [0.05, 0.1) is 45.4 Å². The SMILES string of the molecule is COc1cc([C@@H]2CN(S(=O)(=O)c3ccccc3)C[C@@H]2C(=O)N2CCOCC2)cc(OC)c1OC. The van der Waals surface area contributed by atoms with Gasteiger partial charge >= 0.3 is 0 Å². The zero-order chi connectivity index (χ0) is 24.3. The quantitative estimate of drug-likeness (QED) is 0.586. The van der Waals surface area contributed by atoms with Crippen LogP contribution in [0.25, 0.3) is 0 Å². The first-order chi connectivity index (χ1) is 16.4. The number of amides is 1. The van der Waals surface area contributed by atoms with Gasteiger partial charge in [-0.05, 0) is 29.8 Å². The van der Waals surface area contributed by atoms with Crippen LogP contribution in [-0.4, -0.2) is 84.3 Å². The van der Waals surface area contributed by atoms with Gasteiger partial charge in [0.25, 0.3) is 0 Å². The maximum absolute atomic E-state index is 13.6. The number of methoxy groups -OCH3 is 3. The molecule has 2 aliphatic rings. The molecule has 2 atom stereocenters. The van der Waals surface area contributed by atoms with Crippen molar-refractivity contribution in [1.82, 2.24) is 9.21 Å². The number of carbonyl (C=O) groups excluding carboxylic acids is 1. The van der Waals surface area contributed by atoms with Gasteiger partial charge in [0.1, 0.15) is 0 Å². The predicted octanol–water partition coefficient (Wildman–Crippen LogP) is 1.98. The van der Waals surface area contributed by atoms with Crippen LogP contribution >= 0.6 is 0 Å². The van der Waals surface area contributed by atoms with Gasteiger partial charge in [0, 0.05) is 32.1 Å². The van der Waals surface area contributed by atoms with Crippen molar-refractivity contribution in [2.24, 2.45) is 5.92 Å². The number of hydrogen-bond donors (Lipinski definition) is 0. The largest absolute Gasteiger partial charge is 0.493 e. The van der Waals surface area contributed by atoms with Crippen LogP contribution in [-0.2, 0) is 19.6 Å². The molecule has 0 bridgehead atoms. The Kier molecular flexibility index (Phi) is 7.30. The first kappa shape index (κ1) is 24.3. The smallest absolute Gasteiger partial charge is 0.243 e. The Hall–Kier alpha value is -2.82. The van der Waals surface area contributed by atoms with Crippen LogP contribution < -0.4 is 14.2 Å². The second-order valence-electron chi connectivity index (χ2n) is 8.24. The van der Waals surface area contributed by atoms with Crippen molar-refractivity contribution in [2.75, 3.05) is 60.7 Å². The zero-order valence-electron chi connectivity index (χ0n) is 19.6. The fraction of sp³-hybridized carbons (Fsp3) is 0.458. The standard InChI is InChI=1S/C24H30N2O7S/c1-30-21-13-17(14-22(31-2)23(21)32-3)19-15-26(34(28,29)18-7-5-4-6-8-18)16-20(19)24(27)25-9-11-33-12-10-25/h4-8,13-14,19-20H,9-12,15-16H2,1-3H3/t19-,20-/m0/s1. The number of nitrogens with zero attached hydrogens (tertiary/aromatic N) is 2. The summed E-state index contributed by atoms with van der Waals surface area (Å²) in [4.78, 5) is 15.6. The highest BCUT2D eigenvalue weighted by Gasteiger charge is 2.45. The third-order valence-corrected chi connectivity index (χ3v) is 8.27. The minimum atomic E-state index is -3.77. The van der Waals surface area contributed by atoms with E-state index in [4.69, 9.17) is 18.9 Å². The minimum Gasteiger partial charge on any atom is -0.493 e. The van der Waals surface area contributed by atoms with E-state index < -0.39 is 15.9 Å². The van der Waals surface area contributed by atoms with Crippen molar-refractivity contribution in [3.05, 3.63) is 48.0 Å². The van der Waals surface area contributed by atoms with Gasteiger partial charge in [-0.2, -0.15) is 4.31 Å². The number of ether oxygens (including phenoxy) is 4. The maximum Gasteiger partial charge on any atom is 0.243 e. The molecule has 2 saturated heterocycles. The molecule has 0 spiro atoms. The number of hydrogen-bond acceptors (Lipinski definition) is 7. The Bertz CT molecular complexity index is 1090. The summed E-state index contributed by atoms with van der Waals surface area (Å²) in [5.41, 5.74) is 0.756. The van der Waals surface area contributed by atoms with E-state index in [1.807, 2.05) is 0 Å². The van der Waals surface area contributed by atoms with E-state index in [0.29, 0.717) is 43.6 Å². The highest BCUT2D eigenvalue weighted by molar-refractivity contribution is 7.89. The van der Waals surface area contributed by atoms with Gasteiger partial charge in [0.15, 0.2) is 11.5 Å². The van der Waals surface area contributed by atoms with Gasteiger partial charge in [-0.25, -0.2) is 8.42 Å². The monoisotopic (exact) mass is 490 g/mol. The lowest BCUT2D eigenvalue weighted by atomic mass is 9.87. The van der Waals surface area contributed by atoms with Crippen molar-refractivity contribution in [3.63, 3.8) is 0 Å². The molecule has 4 rings (SSSR count). The Morgan fingerprint density at radius 2 is 1.56 bits per heavy atom. The summed E-state index contributed by atoms with van der Waals surface area (Å²) < 4.78 is 50.1. The highest BCUT2D eigenvalue weighted by atomic mass is 32.2. The van der Waals surface area contributed by atoms with E-state index in [9.17, 15) is 13.2 Å². The van der Waals surface area contributed by atoms with E-state index in [1.54, 1.807) is 47.4 Å². The molecule has 0 aliphatic carbocycles. The van der Waals surface area contributed by atoms with Gasteiger partial charge < -0.3 is 23.8 Å². The van der Waals surface area contributed by atoms with E-state index >= 15 is 0 Å². The lowest BCUT2D eigenvalue weighted by Gasteiger charge is -2.31. The summed E-state index contributed by atoms with van der Waals surface area (Å²) in [6, 6.07) is 11.9. The topological polar surface area (TPSA) is 94.6 Å². The lowest BCUT2D eigenvalue weighted by molar-refractivity contribution is -0.139. The summed E-state index contributed by atoms with van der Waals surface area (Å²) in [5, 5.41) is 0. The summed E-state index contributed by atoms with van der Waals surface area (Å²) in [5.74, 6) is 0.337. The van der Waals surface area contributed by atoms with Gasteiger partial charge in [-0.3, -0.25) is 4.79 Å². The molecule has 10 heteroatoms. The molecular weight excluding hydrogens is 460 g/mol. The van der Waals surface area contributed by atoms with Crippen LogP contribution in [0.3, 0.4) is 0 Å². The first-order valence-electron chi connectivity index (χ1n) is 11.1. The van der Waals surface area contributed by atoms with Crippen molar-refractivity contribution in [3.8, 4) is 17.2 Å². The van der Waals surface area contributed by atoms with Crippen LogP contribution in [0.1, 0.15) is 11.5 Å². The molecule has 2 heterocycles. The molecule has 0 saturated carbocycles. The number of benzene rings is 2. The number of rotatable bonds is 7. The molecule has 184 valence electrons. The summed E-state index contributed by atoms with van der Waals surface area (Å²) in [7, 11) is 0.804. The van der Waals surface area contributed by atoms with E-state index in [1.165, 1.54) is 25.6 Å². The average molecular weight is 491 g/mol. The Morgan fingerprint density at radius 1 is 0.941 bits per heavy atom. The van der Waals surface area contributed by atoms with Gasteiger partial charge in [0.2, 0.25) is 21.7 Å². The fourth-order valence-electron chi connectivity index (χ4n) is 4.63. The third-order valence-electron chi connectivity index (χ3n) is 6.42. The number of carbonyl (C=O) groups is 1. The molecule has 0 aromatic heterocycles.